The van der Waals surface area contributed by atoms with Crippen LogP contribution < -0.4 is 5.73 Å². The minimum absolute atomic E-state index is 0.174. The molecule has 136 valence electrons. The molecule has 0 saturated carbocycles. The molecule has 4 nitrogen and oxygen atoms in total. The number of amides is 2. The second-order valence-electron chi connectivity index (χ2n) is 6.81. The molecular weight excluding hydrogens is 343 g/mol. The summed E-state index contributed by atoms with van der Waals surface area (Å²) in [5.41, 5.74) is 10.4. The van der Waals surface area contributed by atoms with Gasteiger partial charge in [0.05, 0.1) is 0 Å². The van der Waals surface area contributed by atoms with Crippen molar-refractivity contribution in [1.29, 1.82) is 0 Å². The Morgan fingerprint density at radius 1 is 1.22 bits per heavy atom. The second-order valence-corrected chi connectivity index (χ2v) is 6.81. The lowest BCUT2D eigenvalue weighted by molar-refractivity contribution is -0.125. The third-order valence-electron chi connectivity index (χ3n) is 5.26. The van der Waals surface area contributed by atoms with Crippen LogP contribution in [-0.4, -0.2) is 29.8 Å². The van der Waals surface area contributed by atoms with Crippen molar-refractivity contribution in [2.75, 3.05) is 13.1 Å². The van der Waals surface area contributed by atoms with Gasteiger partial charge < -0.3 is 10.6 Å². The molecule has 2 aromatic rings. The van der Waals surface area contributed by atoms with E-state index in [1.54, 1.807) is 4.90 Å². The van der Waals surface area contributed by atoms with Gasteiger partial charge in [-0.25, -0.2) is 4.39 Å². The SMILES string of the molecule is C=CC(=O)N1CCC=C(c2c(F)cc(C(N)=O)c3c2-c2ccccc2C3)C1. The first-order valence-corrected chi connectivity index (χ1v) is 8.85. The number of halogens is 1. The summed E-state index contributed by atoms with van der Waals surface area (Å²) in [6.07, 6.45) is 4.42. The van der Waals surface area contributed by atoms with E-state index in [0.29, 0.717) is 31.5 Å². The summed E-state index contributed by atoms with van der Waals surface area (Å²) in [6.45, 7) is 4.42. The van der Waals surface area contributed by atoms with Crippen molar-refractivity contribution >= 4 is 17.4 Å². The van der Waals surface area contributed by atoms with E-state index in [2.05, 4.69) is 6.58 Å². The molecule has 0 fully saturated rings. The van der Waals surface area contributed by atoms with Crippen LogP contribution in [0, 0.1) is 5.82 Å². The largest absolute Gasteiger partial charge is 0.366 e. The summed E-state index contributed by atoms with van der Waals surface area (Å²) in [4.78, 5) is 25.6. The number of benzene rings is 2. The molecule has 2 aliphatic rings. The maximum absolute atomic E-state index is 15.2. The van der Waals surface area contributed by atoms with E-state index in [-0.39, 0.29) is 11.5 Å². The van der Waals surface area contributed by atoms with Gasteiger partial charge in [-0.15, -0.1) is 0 Å². The normalized spacial score (nSPS) is 15.0. The smallest absolute Gasteiger partial charge is 0.249 e. The van der Waals surface area contributed by atoms with Crippen molar-refractivity contribution in [3.8, 4) is 11.1 Å². The molecule has 2 amide bonds. The Hall–Kier alpha value is -3.21. The van der Waals surface area contributed by atoms with Crippen molar-refractivity contribution in [1.82, 2.24) is 4.90 Å². The predicted octanol–water partition coefficient (Wildman–Crippen LogP) is 3.30. The number of carbonyl (C=O) groups is 2. The molecule has 0 bridgehead atoms. The van der Waals surface area contributed by atoms with Gasteiger partial charge in [-0.05, 0) is 52.8 Å². The molecule has 0 spiro atoms. The Balaban J connectivity index is 1.92. The van der Waals surface area contributed by atoms with Crippen LogP contribution in [0.25, 0.3) is 16.7 Å². The number of fused-ring (bicyclic) bond motifs is 3. The van der Waals surface area contributed by atoms with E-state index >= 15 is 4.39 Å². The molecule has 0 aromatic heterocycles. The number of carbonyl (C=O) groups excluding carboxylic acids is 2. The van der Waals surface area contributed by atoms with Crippen LogP contribution >= 0.6 is 0 Å². The molecule has 0 unspecified atom stereocenters. The van der Waals surface area contributed by atoms with Gasteiger partial charge in [-0.2, -0.15) is 0 Å². The summed E-state index contributed by atoms with van der Waals surface area (Å²) in [6, 6.07) is 8.97. The molecule has 1 heterocycles. The minimum atomic E-state index is -0.634. The van der Waals surface area contributed by atoms with Crippen molar-refractivity contribution in [2.45, 2.75) is 12.8 Å². The molecule has 4 rings (SSSR count). The lowest BCUT2D eigenvalue weighted by Gasteiger charge is -2.28. The van der Waals surface area contributed by atoms with E-state index < -0.39 is 11.7 Å². The zero-order chi connectivity index (χ0) is 19.1. The highest BCUT2D eigenvalue weighted by Crippen LogP contribution is 2.44. The van der Waals surface area contributed by atoms with Crippen molar-refractivity contribution in [3.63, 3.8) is 0 Å². The van der Waals surface area contributed by atoms with Crippen LogP contribution in [0.1, 0.15) is 33.5 Å². The molecule has 2 N–H and O–H groups in total. The van der Waals surface area contributed by atoms with Gasteiger partial charge in [-0.1, -0.05) is 36.9 Å². The van der Waals surface area contributed by atoms with Gasteiger partial charge in [0.15, 0.2) is 0 Å². The maximum Gasteiger partial charge on any atom is 0.249 e. The van der Waals surface area contributed by atoms with Crippen molar-refractivity contribution in [3.05, 3.63) is 77.1 Å². The quantitative estimate of drug-likeness (QED) is 0.727. The van der Waals surface area contributed by atoms with Crippen molar-refractivity contribution in [2.24, 2.45) is 5.73 Å². The third kappa shape index (κ3) is 2.76. The first kappa shape index (κ1) is 17.2. The number of hydrogen-bond donors (Lipinski definition) is 1. The number of primary amides is 1. The third-order valence-corrected chi connectivity index (χ3v) is 5.26. The molecule has 2 aromatic carbocycles. The van der Waals surface area contributed by atoms with Crippen LogP contribution in [0.2, 0.25) is 0 Å². The van der Waals surface area contributed by atoms with Crippen molar-refractivity contribution < 1.29 is 14.0 Å². The van der Waals surface area contributed by atoms with Crippen LogP contribution in [-0.2, 0) is 11.2 Å². The minimum Gasteiger partial charge on any atom is -0.366 e. The van der Waals surface area contributed by atoms with Crippen LogP contribution in [0.4, 0.5) is 4.39 Å². The summed E-state index contributed by atoms with van der Waals surface area (Å²) in [7, 11) is 0. The lowest BCUT2D eigenvalue weighted by atomic mass is 9.89. The van der Waals surface area contributed by atoms with E-state index in [1.807, 2.05) is 30.3 Å². The summed E-state index contributed by atoms with van der Waals surface area (Å²) in [5, 5.41) is 0. The number of nitrogens with zero attached hydrogens (tertiary/aromatic N) is 1. The number of rotatable bonds is 3. The van der Waals surface area contributed by atoms with E-state index in [1.165, 1.54) is 12.1 Å². The Labute approximate surface area is 156 Å². The van der Waals surface area contributed by atoms with Crippen LogP contribution in [0.3, 0.4) is 0 Å². The monoisotopic (exact) mass is 362 g/mol. The van der Waals surface area contributed by atoms with Gasteiger partial charge in [0, 0.05) is 24.2 Å². The van der Waals surface area contributed by atoms with E-state index in [0.717, 1.165) is 27.8 Å². The average Bonchev–Trinajstić information content (AvgIpc) is 3.06. The predicted molar refractivity (Wildman–Crippen MR) is 103 cm³/mol. The Morgan fingerprint density at radius 3 is 2.74 bits per heavy atom. The highest BCUT2D eigenvalue weighted by Gasteiger charge is 2.31. The van der Waals surface area contributed by atoms with Gasteiger partial charge >= 0.3 is 0 Å². The number of hydrogen-bond acceptors (Lipinski definition) is 2. The molecule has 1 aliphatic heterocycles. The Morgan fingerprint density at radius 2 is 2.00 bits per heavy atom. The molecule has 5 heteroatoms. The number of nitrogens with two attached hydrogens (primary N) is 1. The standard InChI is InChI=1S/C22H19FN2O2/c1-2-19(26)25-9-5-7-14(12-25)20-18(23)11-17(22(24)27)16-10-13-6-3-4-8-15(13)21(16)20/h2-4,6-8,11H,1,5,9-10,12H2,(H2,24,27). The zero-order valence-electron chi connectivity index (χ0n) is 14.8. The highest BCUT2D eigenvalue weighted by atomic mass is 19.1. The van der Waals surface area contributed by atoms with Gasteiger partial charge in [0.1, 0.15) is 5.82 Å². The molecule has 27 heavy (non-hydrogen) atoms. The molecule has 0 saturated heterocycles. The Kier molecular flexibility index (Phi) is 4.15. The van der Waals surface area contributed by atoms with E-state index in [4.69, 9.17) is 5.73 Å². The molecule has 0 atom stereocenters. The fourth-order valence-electron chi connectivity index (χ4n) is 4.06. The first-order valence-electron chi connectivity index (χ1n) is 8.85. The fourth-order valence-corrected chi connectivity index (χ4v) is 4.06. The lowest BCUT2D eigenvalue weighted by Crippen LogP contribution is -2.34. The fraction of sp³-hybridized carbons (Fsp3) is 0.182. The van der Waals surface area contributed by atoms with Gasteiger partial charge in [-0.3, -0.25) is 9.59 Å². The summed E-state index contributed by atoms with van der Waals surface area (Å²) in [5.74, 6) is -1.30. The molecular formula is C22H19FN2O2. The molecule has 0 radical (unpaired) electrons. The Bertz CT molecular complexity index is 1020. The summed E-state index contributed by atoms with van der Waals surface area (Å²) >= 11 is 0. The highest BCUT2D eigenvalue weighted by molar-refractivity contribution is 6.01. The zero-order valence-corrected chi connectivity index (χ0v) is 14.8. The molecule has 1 aliphatic carbocycles. The second kappa shape index (κ2) is 6.50. The topological polar surface area (TPSA) is 63.4 Å². The van der Waals surface area contributed by atoms with Gasteiger partial charge in [0.2, 0.25) is 11.8 Å². The van der Waals surface area contributed by atoms with Crippen LogP contribution in [0.15, 0.2) is 49.1 Å². The maximum atomic E-state index is 15.2. The summed E-state index contributed by atoms with van der Waals surface area (Å²) < 4.78 is 15.2. The van der Waals surface area contributed by atoms with E-state index in [9.17, 15) is 9.59 Å². The average molecular weight is 362 g/mol. The van der Waals surface area contributed by atoms with Crippen LogP contribution in [0.5, 0.6) is 0 Å². The first-order chi connectivity index (χ1) is 13.0. The van der Waals surface area contributed by atoms with Gasteiger partial charge in [0.25, 0.3) is 0 Å².